The molecule has 30 heavy (non-hydrogen) atoms. The van der Waals surface area contributed by atoms with Crippen molar-refractivity contribution in [3.8, 4) is 5.75 Å². The molecule has 3 heterocycles. The third-order valence-electron chi connectivity index (χ3n) is 4.40. The molecule has 1 amide bonds. The van der Waals surface area contributed by atoms with E-state index in [0.717, 1.165) is 6.07 Å². The smallest absolute Gasteiger partial charge is 0.406 e. The first-order chi connectivity index (χ1) is 14.2. The fourth-order valence-electron chi connectivity index (χ4n) is 3.02. The zero-order valence-corrected chi connectivity index (χ0v) is 15.9. The van der Waals surface area contributed by atoms with Gasteiger partial charge < -0.3 is 19.0 Å². The average Bonchev–Trinajstić information content (AvgIpc) is 3.33. The molecule has 13 heteroatoms. The number of aromatic nitrogens is 1. The first-order valence-corrected chi connectivity index (χ1v) is 9.46. The van der Waals surface area contributed by atoms with Gasteiger partial charge in [-0.05, 0) is 18.2 Å². The third kappa shape index (κ3) is 4.15. The Balaban J connectivity index is 1.42. The second-order valence-corrected chi connectivity index (χ2v) is 7.36. The van der Waals surface area contributed by atoms with Crippen molar-refractivity contribution < 1.29 is 32.0 Å². The molecule has 0 N–H and O–H groups in total. The summed E-state index contributed by atoms with van der Waals surface area (Å²) in [5.41, 5.74) is 0.547. The van der Waals surface area contributed by atoms with Crippen molar-refractivity contribution in [3.05, 3.63) is 46.2 Å². The van der Waals surface area contributed by atoms with Gasteiger partial charge in [-0.25, -0.2) is 4.98 Å². The average molecular weight is 442 g/mol. The predicted octanol–water partition coefficient (Wildman–Crippen LogP) is 3.66. The number of piperazine rings is 1. The Labute approximate surface area is 170 Å². The fourth-order valence-corrected chi connectivity index (χ4v) is 4.07. The normalized spacial score (nSPS) is 14.9. The van der Waals surface area contributed by atoms with Gasteiger partial charge in [-0.2, -0.15) is 0 Å². The predicted molar refractivity (Wildman–Crippen MR) is 99.8 cm³/mol. The summed E-state index contributed by atoms with van der Waals surface area (Å²) in [7, 11) is 0. The Kier molecular flexibility index (Phi) is 4.97. The van der Waals surface area contributed by atoms with E-state index in [9.17, 15) is 28.1 Å². The summed E-state index contributed by atoms with van der Waals surface area (Å²) in [6.07, 6.45) is -4.77. The minimum atomic E-state index is -4.77. The van der Waals surface area contributed by atoms with E-state index in [2.05, 4.69) is 9.72 Å². The zero-order valence-electron chi connectivity index (χ0n) is 15.1. The summed E-state index contributed by atoms with van der Waals surface area (Å²) < 4.78 is 46.6. The van der Waals surface area contributed by atoms with E-state index in [0.29, 0.717) is 41.5 Å². The van der Waals surface area contributed by atoms with E-state index in [1.807, 2.05) is 4.90 Å². The highest BCUT2D eigenvalue weighted by Crippen LogP contribution is 2.33. The SMILES string of the molecule is O=C(c1ccc([N+](=O)[O-])o1)N1CCN(c2nc3ccc(OC(F)(F)F)cc3s2)CC1. The highest BCUT2D eigenvalue weighted by Gasteiger charge is 2.31. The molecule has 0 atom stereocenters. The van der Waals surface area contributed by atoms with Crippen LogP contribution in [0.1, 0.15) is 10.6 Å². The minimum absolute atomic E-state index is 0.104. The largest absolute Gasteiger partial charge is 0.573 e. The van der Waals surface area contributed by atoms with Crippen LogP contribution in [-0.4, -0.2) is 53.3 Å². The van der Waals surface area contributed by atoms with Crippen LogP contribution >= 0.6 is 11.3 Å². The number of carbonyl (C=O) groups excluding carboxylic acids is 1. The van der Waals surface area contributed by atoms with E-state index in [-0.39, 0.29) is 11.5 Å². The molecule has 0 aliphatic carbocycles. The van der Waals surface area contributed by atoms with Crippen molar-refractivity contribution in [2.24, 2.45) is 0 Å². The number of rotatable bonds is 4. The van der Waals surface area contributed by atoms with E-state index in [1.54, 1.807) is 0 Å². The Bertz CT molecular complexity index is 1100. The Morgan fingerprint density at radius 3 is 2.57 bits per heavy atom. The Morgan fingerprint density at radius 2 is 1.93 bits per heavy atom. The fraction of sp³-hybridized carbons (Fsp3) is 0.294. The van der Waals surface area contributed by atoms with Crippen LogP contribution in [0, 0.1) is 10.1 Å². The number of benzene rings is 1. The van der Waals surface area contributed by atoms with Gasteiger partial charge in [-0.3, -0.25) is 14.9 Å². The van der Waals surface area contributed by atoms with Crippen molar-refractivity contribution in [1.82, 2.24) is 9.88 Å². The van der Waals surface area contributed by atoms with E-state index < -0.39 is 23.1 Å². The van der Waals surface area contributed by atoms with Crippen molar-refractivity contribution in [2.75, 3.05) is 31.1 Å². The summed E-state index contributed by atoms with van der Waals surface area (Å²) >= 11 is 1.23. The van der Waals surface area contributed by atoms with Gasteiger partial charge in [0.1, 0.15) is 10.7 Å². The van der Waals surface area contributed by atoms with Gasteiger partial charge >= 0.3 is 12.2 Å². The van der Waals surface area contributed by atoms with Gasteiger partial charge in [-0.15, -0.1) is 13.2 Å². The molecular weight excluding hydrogens is 429 g/mol. The topological polar surface area (TPSA) is 102 Å². The second-order valence-electron chi connectivity index (χ2n) is 6.35. The number of furan rings is 1. The lowest BCUT2D eigenvalue weighted by Crippen LogP contribution is -2.48. The molecule has 0 unspecified atom stereocenters. The first-order valence-electron chi connectivity index (χ1n) is 8.64. The first kappa shape index (κ1) is 19.9. The number of hydrogen-bond donors (Lipinski definition) is 0. The van der Waals surface area contributed by atoms with Gasteiger partial charge in [0.15, 0.2) is 10.9 Å². The van der Waals surface area contributed by atoms with Gasteiger partial charge in [0.2, 0.25) is 0 Å². The maximum atomic E-state index is 12.4. The summed E-state index contributed by atoms with van der Waals surface area (Å²) in [5.74, 6) is -1.36. The number of fused-ring (bicyclic) bond motifs is 1. The molecule has 1 aromatic carbocycles. The lowest BCUT2D eigenvalue weighted by atomic mass is 10.3. The summed E-state index contributed by atoms with van der Waals surface area (Å²) in [5, 5.41) is 11.3. The van der Waals surface area contributed by atoms with Crippen LogP contribution in [0.2, 0.25) is 0 Å². The molecule has 3 aromatic rings. The second kappa shape index (κ2) is 7.48. The number of carbonyl (C=O) groups is 1. The number of hydrogen-bond acceptors (Lipinski definition) is 8. The lowest BCUT2D eigenvalue weighted by Gasteiger charge is -2.34. The van der Waals surface area contributed by atoms with Crippen LogP contribution in [0.25, 0.3) is 10.2 Å². The van der Waals surface area contributed by atoms with Crippen LogP contribution in [0.5, 0.6) is 5.75 Å². The van der Waals surface area contributed by atoms with Crippen molar-refractivity contribution in [2.45, 2.75) is 6.36 Å². The Hall–Kier alpha value is -3.35. The van der Waals surface area contributed by atoms with Crippen LogP contribution in [0.15, 0.2) is 34.7 Å². The third-order valence-corrected chi connectivity index (χ3v) is 5.48. The number of ether oxygens (including phenoxy) is 1. The van der Waals surface area contributed by atoms with Crippen LogP contribution < -0.4 is 9.64 Å². The minimum Gasteiger partial charge on any atom is -0.406 e. The van der Waals surface area contributed by atoms with E-state index >= 15 is 0 Å². The molecule has 4 rings (SSSR count). The van der Waals surface area contributed by atoms with Crippen LogP contribution in [-0.2, 0) is 0 Å². The van der Waals surface area contributed by atoms with Crippen LogP contribution in [0.3, 0.4) is 0 Å². The molecule has 0 bridgehead atoms. The number of anilines is 1. The number of halogens is 3. The number of thiazole rings is 1. The molecule has 9 nitrogen and oxygen atoms in total. The molecule has 1 fully saturated rings. The molecule has 1 aliphatic heterocycles. The van der Waals surface area contributed by atoms with Gasteiger partial charge in [0.05, 0.1) is 16.3 Å². The van der Waals surface area contributed by atoms with Crippen LogP contribution in [0.4, 0.5) is 24.2 Å². The molecule has 158 valence electrons. The Morgan fingerprint density at radius 1 is 1.20 bits per heavy atom. The molecule has 0 saturated carbocycles. The number of nitrogens with zero attached hydrogens (tertiary/aromatic N) is 4. The highest BCUT2D eigenvalue weighted by molar-refractivity contribution is 7.22. The van der Waals surface area contributed by atoms with Crippen molar-refractivity contribution in [3.63, 3.8) is 0 Å². The summed E-state index contributed by atoms with van der Waals surface area (Å²) in [6.45, 7) is 1.57. The maximum absolute atomic E-state index is 12.4. The van der Waals surface area contributed by atoms with Crippen molar-refractivity contribution in [1.29, 1.82) is 0 Å². The lowest BCUT2D eigenvalue weighted by molar-refractivity contribution is -0.402. The maximum Gasteiger partial charge on any atom is 0.573 e. The van der Waals surface area contributed by atoms with Gasteiger partial charge in [0, 0.05) is 32.2 Å². The molecule has 1 aliphatic rings. The van der Waals surface area contributed by atoms with Crippen molar-refractivity contribution >= 4 is 38.5 Å². The van der Waals surface area contributed by atoms with Gasteiger partial charge in [0.25, 0.3) is 5.91 Å². The standard InChI is InChI=1S/C17H13F3N4O5S/c18-17(19,20)29-10-1-2-11-13(9-10)30-16(21-11)23-7-5-22(6-8-23)15(25)12-3-4-14(28-12)24(26)27/h1-4,9H,5-8H2. The van der Waals surface area contributed by atoms with E-state index in [1.165, 1.54) is 40.5 Å². The molecule has 2 aromatic heterocycles. The summed E-state index contributed by atoms with van der Waals surface area (Å²) in [6, 6.07) is 6.34. The van der Waals surface area contributed by atoms with Gasteiger partial charge in [-0.1, -0.05) is 11.3 Å². The molecule has 0 spiro atoms. The number of amides is 1. The number of alkyl halides is 3. The summed E-state index contributed by atoms with van der Waals surface area (Å²) in [4.78, 5) is 30.3. The quantitative estimate of drug-likeness (QED) is 0.449. The molecular formula is C17H13F3N4O5S. The highest BCUT2D eigenvalue weighted by atomic mass is 32.1. The molecule has 0 radical (unpaired) electrons. The monoisotopic (exact) mass is 442 g/mol. The van der Waals surface area contributed by atoms with E-state index in [4.69, 9.17) is 4.42 Å². The molecule has 1 saturated heterocycles. The number of nitro groups is 1. The zero-order chi connectivity index (χ0) is 21.5.